The van der Waals surface area contributed by atoms with Gasteiger partial charge in [0.05, 0.1) is 0 Å². The minimum atomic E-state index is 0.563. The quantitative estimate of drug-likeness (QED) is 0.728. The first-order chi connectivity index (χ1) is 6.59. The molecule has 0 aromatic rings. The van der Waals surface area contributed by atoms with Crippen molar-refractivity contribution in [2.75, 3.05) is 26.7 Å². The Hall–Kier alpha value is -0.0800. The maximum Gasteiger partial charge on any atom is 0.00503 e. The molecule has 0 aromatic heterocycles. The van der Waals surface area contributed by atoms with Crippen LogP contribution in [0.3, 0.4) is 0 Å². The number of nitrogens with zero attached hydrogens (tertiary/aromatic N) is 1. The van der Waals surface area contributed by atoms with E-state index in [1.54, 1.807) is 0 Å². The third kappa shape index (κ3) is 2.96. The Morgan fingerprint density at radius 2 is 2.14 bits per heavy atom. The van der Waals surface area contributed by atoms with Crippen LogP contribution in [0.1, 0.15) is 40.0 Å². The summed E-state index contributed by atoms with van der Waals surface area (Å²) in [5.74, 6) is 0. The zero-order valence-corrected chi connectivity index (χ0v) is 10.3. The van der Waals surface area contributed by atoms with Gasteiger partial charge in [-0.2, -0.15) is 0 Å². The highest BCUT2D eigenvalue weighted by Gasteiger charge is 2.34. The van der Waals surface area contributed by atoms with Gasteiger partial charge >= 0.3 is 0 Å². The summed E-state index contributed by atoms with van der Waals surface area (Å²) in [5, 5.41) is 3.52. The van der Waals surface area contributed by atoms with Gasteiger partial charge in [-0.05, 0) is 45.7 Å². The lowest BCUT2D eigenvalue weighted by molar-refractivity contribution is 0.151. The zero-order chi connectivity index (χ0) is 10.6. The van der Waals surface area contributed by atoms with Crippen molar-refractivity contribution in [1.82, 2.24) is 10.2 Å². The summed E-state index contributed by atoms with van der Waals surface area (Å²) in [5.41, 5.74) is 0.563. The van der Waals surface area contributed by atoms with Crippen molar-refractivity contribution in [2.24, 2.45) is 5.41 Å². The van der Waals surface area contributed by atoms with Crippen LogP contribution in [-0.2, 0) is 0 Å². The van der Waals surface area contributed by atoms with Gasteiger partial charge in [0.1, 0.15) is 0 Å². The summed E-state index contributed by atoms with van der Waals surface area (Å²) in [6, 6.07) is 0.671. The van der Waals surface area contributed by atoms with Crippen LogP contribution >= 0.6 is 0 Å². The fourth-order valence-corrected chi connectivity index (χ4v) is 2.46. The molecule has 14 heavy (non-hydrogen) atoms. The maximum atomic E-state index is 3.52. The fourth-order valence-electron chi connectivity index (χ4n) is 2.46. The van der Waals surface area contributed by atoms with Crippen LogP contribution in [-0.4, -0.2) is 37.6 Å². The molecule has 1 unspecified atom stereocenters. The Kier molecular flexibility index (Phi) is 4.39. The second-order valence-corrected chi connectivity index (χ2v) is 5.19. The molecule has 1 saturated heterocycles. The van der Waals surface area contributed by atoms with Gasteiger partial charge in [0.15, 0.2) is 0 Å². The predicted octanol–water partition coefficient (Wildman–Crippen LogP) is 2.11. The number of hydrogen-bond donors (Lipinski definition) is 1. The van der Waals surface area contributed by atoms with Gasteiger partial charge in [0.2, 0.25) is 0 Å². The third-order valence-electron chi connectivity index (χ3n) is 3.58. The Labute approximate surface area is 89.1 Å². The second-order valence-electron chi connectivity index (χ2n) is 5.19. The Balaban J connectivity index is 2.50. The van der Waals surface area contributed by atoms with Crippen LogP contribution in [0.4, 0.5) is 0 Å². The van der Waals surface area contributed by atoms with Crippen LogP contribution in [0.25, 0.3) is 0 Å². The van der Waals surface area contributed by atoms with E-state index < -0.39 is 0 Å². The number of nitrogens with one attached hydrogen (secondary N) is 1. The molecule has 1 aliphatic heterocycles. The van der Waals surface area contributed by atoms with Gasteiger partial charge < -0.3 is 10.2 Å². The molecule has 1 heterocycles. The molecule has 2 heteroatoms. The summed E-state index contributed by atoms with van der Waals surface area (Å²) in [7, 11) is 2.25. The second kappa shape index (κ2) is 5.13. The molecule has 0 aromatic carbocycles. The van der Waals surface area contributed by atoms with Gasteiger partial charge in [-0.15, -0.1) is 0 Å². The van der Waals surface area contributed by atoms with E-state index in [9.17, 15) is 0 Å². The van der Waals surface area contributed by atoms with Crippen LogP contribution < -0.4 is 5.32 Å². The molecule has 0 aliphatic carbocycles. The van der Waals surface area contributed by atoms with Gasteiger partial charge in [-0.25, -0.2) is 0 Å². The molecule has 0 spiro atoms. The predicted molar refractivity (Wildman–Crippen MR) is 62.6 cm³/mol. The van der Waals surface area contributed by atoms with E-state index in [0.29, 0.717) is 11.5 Å². The van der Waals surface area contributed by atoms with Crippen LogP contribution in [0.5, 0.6) is 0 Å². The summed E-state index contributed by atoms with van der Waals surface area (Å²) in [6.07, 6.45) is 4.04. The molecule has 0 bridgehead atoms. The number of rotatable bonds is 5. The van der Waals surface area contributed by atoms with E-state index >= 15 is 0 Å². The summed E-state index contributed by atoms with van der Waals surface area (Å²) >= 11 is 0. The topological polar surface area (TPSA) is 15.3 Å². The van der Waals surface area contributed by atoms with E-state index in [0.717, 1.165) is 0 Å². The molecular formula is C12H26N2. The van der Waals surface area contributed by atoms with Crippen molar-refractivity contribution in [2.45, 2.75) is 46.1 Å². The average Bonchev–Trinajstić information content (AvgIpc) is 2.54. The lowest BCUT2D eigenvalue weighted by atomic mass is 9.82. The van der Waals surface area contributed by atoms with E-state index in [4.69, 9.17) is 0 Å². The Bertz CT molecular complexity index is 160. The molecule has 84 valence electrons. The van der Waals surface area contributed by atoms with Gasteiger partial charge in [-0.1, -0.05) is 13.3 Å². The first-order valence-corrected chi connectivity index (χ1v) is 6.00. The summed E-state index contributed by atoms with van der Waals surface area (Å²) in [6.45, 7) is 10.6. The molecule has 0 amide bonds. The molecule has 1 N–H and O–H groups in total. The maximum absolute atomic E-state index is 3.52. The summed E-state index contributed by atoms with van der Waals surface area (Å²) in [4.78, 5) is 2.49. The first-order valence-electron chi connectivity index (χ1n) is 6.00. The van der Waals surface area contributed by atoms with Crippen molar-refractivity contribution < 1.29 is 0 Å². The van der Waals surface area contributed by atoms with Crippen molar-refractivity contribution in [3.63, 3.8) is 0 Å². The van der Waals surface area contributed by atoms with Gasteiger partial charge in [-0.3, -0.25) is 0 Å². The fraction of sp³-hybridized carbons (Fsp3) is 1.00. The average molecular weight is 198 g/mol. The van der Waals surface area contributed by atoms with Gasteiger partial charge in [0, 0.05) is 19.1 Å². The minimum Gasteiger partial charge on any atom is -0.316 e. The van der Waals surface area contributed by atoms with E-state index in [2.05, 4.69) is 38.0 Å². The highest BCUT2D eigenvalue weighted by molar-refractivity contribution is 4.90. The highest BCUT2D eigenvalue weighted by atomic mass is 15.1. The molecule has 1 fully saturated rings. The summed E-state index contributed by atoms with van der Waals surface area (Å²) < 4.78 is 0. The molecule has 0 saturated carbocycles. The molecule has 1 rings (SSSR count). The van der Waals surface area contributed by atoms with Crippen molar-refractivity contribution in [3.05, 3.63) is 0 Å². The normalized spacial score (nSPS) is 27.9. The monoisotopic (exact) mass is 198 g/mol. The third-order valence-corrected chi connectivity index (χ3v) is 3.58. The molecular weight excluding hydrogens is 172 g/mol. The van der Waals surface area contributed by atoms with Crippen molar-refractivity contribution >= 4 is 0 Å². The van der Waals surface area contributed by atoms with Crippen LogP contribution in [0.15, 0.2) is 0 Å². The SMILES string of the molecule is CCCC1(CN(C)C(C)C)CCNC1. The lowest BCUT2D eigenvalue weighted by Gasteiger charge is -2.34. The zero-order valence-electron chi connectivity index (χ0n) is 10.3. The largest absolute Gasteiger partial charge is 0.316 e. The molecule has 1 atom stereocenters. The highest BCUT2D eigenvalue weighted by Crippen LogP contribution is 2.32. The molecule has 1 aliphatic rings. The Morgan fingerprint density at radius 1 is 1.43 bits per heavy atom. The minimum absolute atomic E-state index is 0.563. The Morgan fingerprint density at radius 3 is 2.57 bits per heavy atom. The molecule has 0 radical (unpaired) electrons. The number of hydrogen-bond acceptors (Lipinski definition) is 2. The smallest absolute Gasteiger partial charge is 0.00503 e. The standard InChI is InChI=1S/C12H26N2/c1-5-6-12(7-8-13-9-12)10-14(4)11(2)3/h11,13H,5-10H2,1-4H3. The van der Waals surface area contributed by atoms with Gasteiger partial charge in [0.25, 0.3) is 0 Å². The van der Waals surface area contributed by atoms with E-state index in [1.165, 1.54) is 38.9 Å². The van der Waals surface area contributed by atoms with E-state index in [1.807, 2.05) is 0 Å². The van der Waals surface area contributed by atoms with Crippen LogP contribution in [0.2, 0.25) is 0 Å². The lowest BCUT2D eigenvalue weighted by Crippen LogP contribution is -2.40. The van der Waals surface area contributed by atoms with E-state index in [-0.39, 0.29) is 0 Å². The van der Waals surface area contributed by atoms with Crippen molar-refractivity contribution in [1.29, 1.82) is 0 Å². The van der Waals surface area contributed by atoms with Crippen molar-refractivity contribution in [3.8, 4) is 0 Å². The first kappa shape index (κ1) is 12.0. The van der Waals surface area contributed by atoms with Crippen LogP contribution in [0, 0.1) is 5.41 Å². The molecule has 2 nitrogen and oxygen atoms in total.